The summed E-state index contributed by atoms with van der Waals surface area (Å²) in [6, 6.07) is 0.390. The fourth-order valence-electron chi connectivity index (χ4n) is 2.30. The minimum Gasteiger partial charge on any atom is -0.394 e. The zero-order chi connectivity index (χ0) is 13.4. The number of likely N-dealkylation sites (tertiary alicyclic amines) is 1. The van der Waals surface area contributed by atoms with Crippen molar-refractivity contribution in [3.63, 3.8) is 0 Å². The molecule has 1 aliphatic rings. The monoisotopic (exact) mass is 259 g/mol. The van der Waals surface area contributed by atoms with Gasteiger partial charge in [-0.25, -0.2) is 5.84 Å². The Morgan fingerprint density at radius 2 is 2.22 bits per heavy atom. The molecule has 6 heteroatoms. The summed E-state index contributed by atoms with van der Waals surface area (Å²) < 4.78 is 5.52. The summed E-state index contributed by atoms with van der Waals surface area (Å²) in [7, 11) is 0. The third-order valence-corrected chi connectivity index (χ3v) is 3.49. The average Bonchev–Trinajstić information content (AvgIpc) is 2.42. The zero-order valence-electron chi connectivity index (χ0n) is 11.1. The molecule has 1 atom stereocenters. The number of rotatable bonds is 7. The van der Waals surface area contributed by atoms with Gasteiger partial charge < -0.3 is 14.7 Å². The number of amides is 1. The third-order valence-electron chi connectivity index (χ3n) is 3.49. The van der Waals surface area contributed by atoms with Gasteiger partial charge in [0.25, 0.3) is 0 Å². The van der Waals surface area contributed by atoms with Crippen LogP contribution in [0.2, 0.25) is 0 Å². The van der Waals surface area contributed by atoms with Crippen LogP contribution in [0.15, 0.2) is 0 Å². The van der Waals surface area contributed by atoms with Crippen molar-refractivity contribution in [1.82, 2.24) is 10.3 Å². The predicted octanol–water partition coefficient (Wildman–Crippen LogP) is -0.382. The van der Waals surface area contributed by atoms with E-state index in [9.17, 15) is 4.79 Å². The largest absolute Gasteiger partial charge is 0.394 e. The Hall–Kier alpha value is -0.690. The molecule has 0 saturated carbocycles. The first-order chi connectivity index (χ1) is 8.67. The molecular weight excluding hydrogens is 234 g/mol. The lowest BCUT2D eigenvalue weighted by molar-refractivity contribution is -0.121. The van der Waals surface area contributed by atoms with E-state index < -0.39 is 0 Å². The number of hydrogen-bond acceptors (Lipinski definition) is 5. The van der Waals surface area contributed by atoms with Crippen molar-refractivity contribution >= 4 is 5.91 Å². The van der Waals surface area contributed by atoms with Crippen LogP contribution in [-0.2, 0) is 9.53 Å². The van der Waals surface area contributed by atoms with Crippen molar-refractivity contribution in [2.45, 2.75) is 44.8 Å². The first-order valence-corrected chi connectivity index (χ1v) is 6.63. The Kier molecular flexibility index (Phi) is 7.19. The standard InChI is InChI=1S/C12H25N3O3/c1-10(2-3-12(17)14-13)15-6-4-11(5-7-15)18-9-8-16/h10-11,16H,2-9,13H2,1H3,(H,14,17). The van der Waals surface area contributed by atoms with Crippen molar-refractivity contribution < 1.29 is 14.6 Å². The van der Waals surface area contributed by atoms with E-state index in [-0.39, 0.29) is 18.6 Å². The molecule has 0 aromatic carbocycles. The Bertz CT molecular complexity index is 243. The van der Waals surface area contributed by atoms with Gasteiger partial charge in [0.15, 0.2) is 0 Å². The highest BCUT2D eigenvalue weighted by Crippen LogP contribution is 2.17. The van der Waals surface area contributed by atoms with Crippen LogP contribution >= 0.6 is 0 Å². The molecule has 18 heavy (non-hydrogen) atoms. The molecule has 0 aromatic rings. The highest BCUT2D eigenvalue weighted by Gasteiger charge is 2.23. The summed E-state index contributed by atoms with van der Waals surface area (Å²) in [4.78, 5) is 13.4. The van der Waals surface area contributed by atoms with Gasteiger partial charge in [-0.05, 0) is 26.2 Å². The number of aliphatic hydroxyl groups excluding tert-OH is 1. The summed E-state index contributed by atoms with van der Waals surface area (Å²) in [6.07, 6.45) is 3.55. The number of hydrazine groups is 1. The number of nitrogens with two attached hydrogens (primary N) is 1. The molecule has 0 spiro atoms. The van der Waals surface area contributed by atoms with Crippen LogP contribution in [0.3, 0.4) is 0 Å². The van der Waals surface area contributed by atoms with Crippen molar-refractivity contribution in [2.75, 3.05) is 26.3 Å². The number of hydrogen-bond donors (Lipinski definition) is 3. The van der Waals surface area contributed by atoms with Crippen LogP contribution in [-0.4, -0.2) is 54.4 Å². The SMILES string of the molecule is CC(CCC(=O)NN)N1CCC(OCCO)CC1. The maximum Gasteiger partial charge on any atom is 0.233 e. The van der Waals surface area contributed by atoms with Crippen LogP contribution in [0.5, 0.6) is 0 Å². The molecule has 1 unspecified atom stereocenters. The number of ether oxygens (including phenoxy) is 1. The molecule has 0 aromatic heterocycles. The molecule has 4 N–H and O–H groups in total. The molecule has 0 radical (unpaired) electrons. The highest BCUT2D eigenvalue weighted by molar-refractivity contribution is 5.75. The molecule has 1 saturated heterocycles. The van der Waals surface area contributed by atoms with Crippen LogP contribution in [0.1, 0.15) is 32.6 Å². The Balaban J connectivity index is 2.18. The molecule has 1 rings (SSSR count). The highest BCUT2D eigenvalue weighted by atomic mass is 16.5. The summed E-state index contributed by atoms with van der Waals surface area (Å²) in [6.45, 7) is 4.63. The van der Waals surface area contributed by atoms with E-state index >= 15 is 0 Å². The lowest BCUT2D eigenvalue weighted by Crippen LogP contribution is -2.43. The predicted molar refractivity (Wildman–Crippen MR) is 68.7 cm³/mol. The van der Waals surface area contributed by atoms with Gasteiger partial charge in [0.2, 0.25) is 5.91 Å². The second-order valence-corrected chi connectivity index (χ2v) is 4.78. The summed E-state index contributed by atoms with van der Waals surface area (Å²) in [5, 5.41) is 8.70. The molecule has 6 nitrogen and oxygen atoms in total. The van der Waals surface area contributed by atoms with Gasteiger partial charge in [-0.15, -0.1) is 0 Å². The fraction of sp³-hybridized carbons (Fsp3) is 0.917. The van der Waals surface area contributed by atoms with E-state index in [0.717, 1.165) is 32.4 Å². The van der Waals surface area contributed by atoms with E-state index in [4.69, 9.17) is 15.7 Å². The summed E-state index contributed by atoms with van der Waals surface area (Å²) in [5.41, 5.74) is 2.15. The second-order valence-electron chi connectivity index (χ2n) is 4.78. The number of carbonyl (C=O) groups excluding carboxylic acids is 1. The lowest BCUT2D eigenvalue weighted by atomic mass is 10.0. The Labute approximate surface area is 108 Å². The smallest absolute Gasteiger partial charge is 0.233 e. The molecule has 1 aliphatic heterocycles. The van der Waals surface area contributed by atoms with E-state index in [1.165, 1.54) is 0 Å². The van der Waals surface area contributed by atoms with E-state index in [1.54, 1.807) is 0 Å². The minimum absolute atomic E-state index is 0.0881. The van der Waals surface area contributed by atoms with Gasteiger partial charge in [-0.2, -0.15) is 0 Å². The van der Waals surface area contributed by atoms with Crippen LogP contribution < -0.4 is 11.3 Å². The molecule has 1 heterocycles. The van der Waals surface area contributed by atoms with Crippen LogP contribution in [0.25, 0.3) is 0 Å². The zero-order valence-corrected chi connectivity index (χ0v) is 11.1. The van der Waals surface area contributed by atoms with Crippen molar-refractivity contribution in [3.8, 4) is 0 Å². The topological polar surface area (TPSA) is 87.8 Å². The Morgan fingerprint density at radius 3 is 2.78 bits per heavy atom. The maximum absolute atomic E-state index is 11.1. The Morgan fingerprint density at radius 1 is 1.56 bits per heavy atom. The fourth-order valence-corrected chi connectivity index (χ4v) is 2.30. The first-order valence-electron chi connectivity index (χ1n) is 6.63. The maximum atomic E-state index is 11.1. The molecule has 1 fully saturated rings. The summed E-state index contributed by atoms with van der Waals surface area (Å²) in [5.74, 6) is 4.94. The van der Waals surface area contributed by atoms with Gasteiger partial charge in [0, 0.05) is 25.6 Å². The van der Waals surface area contributed by atoms with Gasteiger partial charge >= 0.3 is 0 Å². The molecule has 106 valence electrons. The summed E-state index contributed by atoms with van der Waals surface area (Å²) >= 11 is 0. The number of aliphatic hydroxyl groups is 1. The number of nitrogens with one attached hydrogen (secondary N) is 1. The molecular formula is C12H25N3O3. The molecule has 0 bridgehead atoms. The van der Waals surface area contributed by atoms with Crippen LogP contribution in [0.4, 0.5) is 0 Å². The first kappa shape index (κ1) is 15.4. The number of nitrogens with zero attached hydrogens (tertiary/aromatic N) is 1. The normalized spacial score (nSPS) is 19.7. The molecule has 0 aliphatic carbocycles. The lowest BCUT2D eigenvalue weighted by Gasteiger charge is -2.35. The van der Waals surface area contributed by atoms with E-state index in [1.807, 2.05) is 0 Å². The number of piperidine rings is 1. The third kappa shape index (κ3) is 5.30. The minimum atomic E-state index is -0.108. The van der Waals surface area contributed by atoms with Crippen LogP contribution in [0, 0.1) is 0 Å². The van der Waals surface area contributed by atoms with Gasteiger partial charge in [-0.1, -0.05) is 0 Å². The van der Waals surface area contributed by atoms with Crippen molar-refractivity contribution in [1.29, 1.82) is 0 Å². The quantitative estimate of drug-likeness (QED) is 0.329. The molecule has 1 amide bonds. The van der Waals surface area contributed by atoms with Crippen molar-refractivity contribution in [3.05, 3.63) is 0 Å². The average molecular weight is 259 g/mol. The van der Waals surface area contributed by atoms with Gasteiger partial charge in [-0.3, -0.25) is 10.2 Å². The van der Waals surface area contributed by atoms with Gasteiger partial charge in [0.1, 0.15) is 0 Å². The van der Waals surface area contributed by atoms with E-state index in [0.29, 0.717) is 19.1 Å². The van der Waals surface area contributed by atoms with Gasteiger partial charge in [0.05, 0.1) is 19.3 Å². The van der Waals surface area contributed by atoms with E-state index in [2.05, 4.69) is 17.2 Å². The second kappa shape index (κ2) is 8.42. The van der Waals surface area contributed by atoms with Crippen molar-refractivity contribution in [2.24, 2.45) is 5.84 Å². The number of carbonyl (C=O) groups is 1.